The third kappa shape index (κ3) is 10.2. The minimum Gasteiger partial charge on any atom is -0.289 e. The van der Waals surface area contributed by atoms with Gasteiger partial charge in [-0.1, -0.05) is 106 Å². The van der Waals surface area contributed by atoms with E-state index in [-0.39, 0.29) is 11.6 Å². The van der Waals surface area contributed by atoms with E-state index in [1.807, 2.05) is 126 Å². The van der Waals surface area contributed by atoms with Crippen molar-refractivity contribution in [2.75, 3.05) is 0 Å². The Morgan fingerprint density at radius 2 is 0.825 bits per heavy atom. The molecule has 1 heterocycles. The van der Waals surface area contributed by atoms with Crippen molar-refractivity contribution < 1.29 is 9.59 Å². The second-order valence-corrected chi connectivity index (χ2v) is 19.6. The zero-order valence-corrected chi connectivity index (χ0v) is 36.9. The first kappa shape index (κ1) is 43.3. The molecule has 0 unspecified atom stereocenters. The standard InChI is InChI=1S/C48H53Cl2N5O2/c1-28-14-23-35(40(54-52-33-19-15-31(49)16-20-33)29-24-36(45(2,3)4)43(56)37(25-29)46(5,6)7)42(51-28)41(55-53-34-21-17-32(50)18-22-34)30-26-38(47(8,9)10)44(57)39(27-30)48(11,12)13/h14-27H,1-13H3. The van der Waals surface area contributed by atoms with E-state index in [9.17, 15) is 9.59 Å². The number of hydrogen-bond donors (Lipinski definition) is 0. The van der Waals surface area contributed by atoms with Gasteiger partial charge in [0.2, 0.25) is 0 Å². The van der Waals surface area contributed by atoms with Crippen LogP contribution in [0.4, 0.5) is 11.4 Å². The van der Waals surface area contributed by atoms with E-state index in [1.165, 1.54) is 0 Å². The Labute approximate surface area is 348 Å². The van der Waals surface area contributed by atoms with Gasteiger partial charge in [0.05, 0.1) is 11.4 Å². The van der Waals surface area contributed by atoms with Crippen molar-refractivity contribution in [3.05, 3.63) is 145 Å². The Bertz CT molecular complexity index is 2290. The van der Waals surface area contributed by atoms with Crippen LogP contribution in [0.1, 0.15) is 100 Å². The summed E-state index contributed by atoms with van der Waals surface area (Å²) < 4.78 is 0. The van der Waals surface area contributed by atoms with Gasteiger partial charge in [0.25, 0.3) is 0 Å². The summed E-state index contributed by atoms with van der Waals surface area (Å²) in [6.07, 6.45) is 7.68. The number of carbonyl (C=O) groups is 2. The topological polar surface area (TPSA) is 96.5 Å². The van der Waals surface area contributed by atoms with Crippen molar-refractivity contribution >= 4 is 57.5 Å². The molecule has 5 rings (SSSR count). The van der Waals surface area contributed by atoms with Gasteiger partial charge in [0, 0.05) is 54.7 Å². The second kappa shape index (κ2) is 16.2. The van der Waals surface area contributed by atoms with Gasteiger partial charge in [-0.15, -0.1) is 10.2 Å². The van der Waals surface area contributed by atoms with Crippen LogP contribution < -0.4 is 0 Å². The lowest BCUT2D eigenvalue weighted by Gasteiger charge is -2.32. The van der Waals surface area contributed by atoms with E-state index in [0.29, 0.717) is 77.5 Å². The average Bonchev–Trinajstić information content (AvgIpc) is 3.09. The predicted octanol–water partition coefficient (Wildman–Crippen LogP) is 14.7. The quantitative estimate of drug-likeness (QED) is 0.232. The number of carbonyl (C=O) groups excluding carboxylic acids is 2. The fraction of sp³-hybridized carbons (Fsp3) is 0.354. The van der Waals surface area contributed by atoms with Gasteiger partial charge in [0.1, 0.15) is 17.1 Å². The van der Waals surface area contributed by atoms with Crippen molar-refractivity contribution in [3.8, 4) is 0 Å². The maximum absolute atomic E-state index is 14.1. The van der Waals surface area contributed by atoms with E-state index in [0.717, 1.165) is 5.69 Å². The van der Waals surface area contributed by atoms with E-state index in [2.05, 4.69) is 0 Å². The Balaban J connectivity index is 1.97. The number of rotatable bonds is 6. The lowest BCUT2D eigenvalue weighted by Crippen LogP contribution is -2.28. The summed E-state index contributed by atoms with van der Waals surface area (Å²) in [6.45, 7) is 26.4. The molecule has 0 bridgehead atoms. The molecular formula is C48H53Cl2N5O2. The van der Waals surface area contributed by atoms with Crippen molar-refractivity contribution in [2.45, 2.75) is 90.0 Å². The third-order valence-electron chi connectivity index (χ3n) is 9.65. The molecule has 0 radical (unpaired) electrons. The zero-order valence-electron chi connectivity index (χ0n) is 35.4. The highest BCUT2D eigenvalue weighted by Crippen LogP contribution is 2.44. The molecule has 1 aromatic heterocycles. The number of aromatic nitrogens is 1. The van der Waals surface area contributed by atoms with Crippen LogP contribution in [0.2, 0.25) is 10.0 Å². The number of ketones is 2. The molecule has 57 heavy (non-hydrogen) atoms. The highest BCUT2D eigenvalue weighted by Gasteiger charge is 2.37. The van der Waals surface area contributed by atoms with Crippen LogP contribution in [0.15, 0.2) is 139 Å². The SMILES string of the molecule is Cc1ccc(C(N=Nc2ccc(Cl)cc2)=C2C=C(C(C)(C)C)C(=O)C(C(C)(C)C)=C2)c(C(N=Nc2ccc(Cl)cc2)=C2C=C(C(C)(C)C)C(=O)C(C(C)(C)C)=C2)n1. The van der Waals surface area contributed by atoms with Crippen LogP contribution in [0.3, 0.4) is 0 Å². The summed E-state index contributed by atoms with van der Waals surface area (Å²) in [7, 11) is 0. The number of allylic oxidation sites excluding steroid dienone is 10. The number of halogens is 2. The molecule has 296 valence electrons. The van der Waals surface area contributed by atoms with Crippen LogP contribution in [-0.2, 0) is 9.59 Å². The molecule has 0 fully saturated rings. The van der Waals surface area contributed by atoms with E-state index in [1.54, 1.807) is 48.5 Å². The molecule has 0 spiro atoms. The third-order valence-corrected chi connectivity index (χ3v) is 10.2. The van der Waals surface area contributed by atoms with Gasteiger partial charge in [-0.25, -0.2) is 0 Å². The first-order chi connectivity index (χ1) is 26.3. The van der Waals surface area contributed by atoms with E-state index in [4.69, 9.17) is 48.6 Å². The largest absolute Gasteiger partial charge is 0.289 e. The van der Waals surface area contributed by atoms with Gasteiger partial charge in [-0.05, 0) is 114 Å². The average molecular weight is 803 g/mol. The summed E-state index contributed by atoms with van der Waals surface area (Å²) in [4.78, 5) is 33.4. The Morgan fingerprint density at radius 1 is 0.491 bits per heavy atom. The highest BCUT2D eigenvalue weighted by molar-refractivity contribution is 6.30. The fourth-order valence-electron chi connectivity index (χ4n) is 6.43. The smallest absolute Gasteiger partial charge is 0.186 e. The first-order valence-corrected chi connectivity index (χ1v) is 19.9. The molecule has 2 aliphatic rings. The van der Waals surface area contributed by atoms with Crippen molar-refractivity contribution in [2.24, 2.45) is 42.1 Å². The minimum atomic E-state index is -0.481. The zero-order chi connectivity index (χ0) is 42.2. The molecule has 0 atom stereocenters. The van der Waals surface area contributed by atoms with Gasteiger partial charge in [-0.2, -0.15) is 10.2 Å². The van der Waals surface area contributed by atoms with Crippen molar-refractivity contribution in [3.63, 3.8) is 0 Å². The van der Waals surface area contributed by atoms with Crippen LogP contribution in [0.5, 0.6) is 0 Å². The Hall–Kier alpha value is -4.85. The molecule has 3 aromatic rings. The monoisotopic (exact) mass is 801 g/mol. The van der Waals surface area contributed by atoms with Crippen LogP contribution in [0, 0.1) is 28.6 Å². The van der Waals surface area contributed by atoms with Crippen LogP contribution >= 0.6 is 23.2 Å². The molecular weight excluding hydrogens is 749 g/mol. The van der Waals surface area contributed by atoms with Gasteiger partial charge in [-0.3, -0.25) is 14.6 Å². The number of pyridine rings is 1. The molecule has 7 nitrogen and oxygen atoms in total. The number of nitrogens with zero attached hydrogens (tertiary/aromatic N) is 5. The summed E-state index contributed by atoms with van der Waals surface area (Å²) in [5, 5.41) is 20.5. The maximum atomic E-state index is 14.1. The molecule has 0 aliphatic heterocycles. The van der Waals surface area contributed by atoms with Gasteiger partial charge in [0.15, 0.2) is 11.6 Å². The molecule has 0 saturated heterocycles. The van der Waals surface area contributed by atoms with Gasteiger partial charge < -0.3 is 0 Å². The number of hydrogen-bond acceptors (Lipinski definition) is 7. The molecule has 2 aliphatic carbocycles. The maximum Gasteiger partial charge on any atom is 0.186 e. The summed E-state index contributed by atoms with van der Waals surface area (Å²) >= 11 is 12.5. The number of azo groups is 2. The van der Waals surface area contributed by atoms with E-state index < -0.39 is 21.7 Å². The lowest BCUT2D eigenvalue weighted by molar-refractivity contribution is -0.114. The first-order valence-electron chi connectivity index (χ1n) is 19.1. The van der Waals surface area contributed by atoms with E-state index >= 15 is 0 Å². The summed E-state index contributed by atoms with van der Waals surface area (Å²) in [5.74, 6) is -0.00237. The fourth-order valence-corrected chi connectivity index (χ4v) is 6.68. The molecule has 9 heteroatoms. The number of aryl methyl sites for hydroxylation is 1. The number of benzene rings is 2. The van der Waals surface area contributed by atoms with Crippen molar-refractivity contribution in [1.29, 1.82) is 0 Å². The van der Waals surface area contributed by atoms with Gasteiger partial charge >= 0.3 is 0 Å². The molecule has 0 amide bonds. The normalized spacial score (nSPS) is 15.9. The predicted molar refractivity (Wildman–Crippen MR) is 235 cm³/mol. The second-order valence-electron chi connectivity index (χ2n) is 18.7. The minimum absolute atomic E-state index is 0.00105. The highest BCUT2D eigenvalue weighted by atomic mass is 35.5. The Morgan fingerprint density at radius 3 is 1.18 bits per heavy atom. The summed E-state index contributed by atoms with van der Waals surface area (Å²) in [5.41, 5.74) is 6.01. The lowest BCUT2D eigenvalue weighted by atomic mass is 9.71. The summed E-state index contributed by atoms with van der Waals surface area (Å²) in [6, 6.07) is 18.1. The molecule has 0 saturated carbocycles. The van der Waals surface area contributed by atoms with Crippen LogP contribution in [-0.4, -0.2) is 16.6 Å². The Kier molecular flexibility index (Phi) is 12.3. The molecule has 2 aromatic carbocycles. The van der Waals surface area contributed by atoms with Crippen molar-refractivity contribution in [1.82, 2.24) is 4.98 Å². The van der Waals surface area contributed by atoms with Crippen LogP contribution in [0.25, 0.3) is 11.4 Å². The molecule has 0 N–H and O–H groups in total. The number of Topliss-reactive ketones (excluding diaryl/α,β-unsaturated/α-hetero) is 2.